The number of aromatic hydroxyl groups is 1. The smallest absolute Gasteiger partial charge is 0.258 e. The Bertz CT molecular complexity index is 989. The van der Waals surface area contributed by atoms with Crippen molar-refractivity contribution in [3.8, 4) is 11.9 Å². The van der Waals surface area contributed by atoms with Crippen LogP contribution in [0.5, 0.6) is 5.88 Å². The zero-order chi connectivity index (χ0) is 17.3. The average molecular weight is 356 g/mol. The van der Waals surface area contributed by atoms with E-state index < -0.39 is 0 Å². The molecule has 0 radical (unpaired) electrons. The Morgan fingerprint density at radius 3 is 2.71 bits per heavy atom. The van der Waals surface area contributed by atoms with E-state index in [2.05, 4.69) is 9.98 Å². The first-order valence-corrected chi connectivity index (χ1v) is 8.13. The van der Waals surface area contributed by atoms with Crippen LogP contribution in [0.2, 0.25) is 0 Å². The highest BCUT2D eigenvalue weighted by Crippen LogP contribution is 2.29. The second kappa shape index (κ2) is 6.39. The molecule has 120 valence electrons. The number of thiazole rings is 1. The van der Waals surface area contributed by atoms with Gasteiger partial charge in [0.15, 0.2) is 3.95 Å². The molecule has 24 heavy (non-hydrogen) atoms. The number of ether oxygens (including phenoxy) is 1. The monoisotopic (exact) mass is 356 g/mol. The Labute approximate surface area is 147 Å². The van der Waals surface area contributed by atoms with Gasteiger partial charge in [0.2, 0.25) is 17.5 Å². The van der Waals surface area contributed by atoms with Crippen LogP contribution in [0, 0.1) is 22.2 Å². The molecule has 1 aliphatic heterocycles. The highest BCUT2D eigenvalue weighted by Gasteiger charge is 2.22. The minimum atomic E-state index is 0.0266. The van der Waals surface area contributed by atoms with Gasteiger partial charge in [-0.1, -0.05) is 17.7 Å². The number of nitrogens with zero attached hydrogens (tertiary/aromatic N) is 4. The standard InChI is InChI=1S/C16H12N4O2S2/c1-9-3-5-10(6-4-9)18-14-11(8-17)19-13(22-14)7-12-15(21)20(2)16(23)24-12/h3-7,21H,1-2H3/b13-7-,18-14?. The van der Waals surface area contributed by atoms with Crippen LogP contribution >= 0.6 is 23.6 Å². The van der Waals surface area contributed by atoms with Gasteiger partial charge in [0, 0.05) is 13.1 Å². The highest BCUT2D eigenvalue weighted by molar-refractivity contribution is 7.73. The SMILES string of the molecule is Cc1ccc(N=C2O/C(=C\c3sc(=S)n(C)c3O)N=C2C#N)cc1. The highest BCUT2D eigenvalue weighted by atomic mass is 32.1. The van der Waals surface area contributed by atoms with Gasteiger partial charge in [-0.2, -0.15) is 10.3 Å². The first-order chi connectivity index (χ1) is 11.5. The molecule has 1 N–H and O–H groups in total. The van der Waals surface area contributed by atoms with Gasteiger partial charge in [-0.25, -0.2) is 4.99 Å². The van der Waals surface area contributed by atoms with E-state index in [9.17, 15) is 10.4 Å². The number of hydrogen-bond donors (Lipinski definition) is 1. The third kappa shape index (κ3) is 3.13. The lowest BCUT2D eigenvalue weighted by molar-refractivity contribution is 0.426. The summed E-state index contributed by atoms with van der Waals surface area (Å²) < 4.78 is 7.55. The Kier molecular flexibility index (Phi) is 4.29. The van der Waals surface area contributed by atoms with Gasteiger partial charge in [-0.3, -0.25) is 4.57 Å². The summed E-state index contributed by atoms with van der Waals surface area (Å²) in [5.41, 5.74) is 1.86. The number of aromatic nitrogens is 1. The van der Waals surface area contributed by atoms with Crippen molar-refractivity contribution in [3.05, 3.63) is 44.5 Å². The molecule has 0 atom stereocenters. The topological polar surface area (TPSA) is 82.9 Å². The molecule has 0 fully saturated rings. The fraction of sp³-hybridized carbons (Fsp3) is 0.125. The molecule has 1 aliphatic rings. The second-order valence-electron chi connectivity index (χ2n) is 5.02. The van der Waals surface area contributed by atoms with Gasteiger partial charge >= 0.3 is 0 Å². The maximum atomic E-state index is 9.99. The second-order valence-corrected chi connectivity index (χ2v) is 6.70. The summed E-state index contributed by atoms with van der Waals surface area (Å²) in [6, 6.07) is 9.46. The van der Waals surface area contributed by atoms with Crippen molar-refractivity contribution < 1.29 is 9.84 Å². The molecule has 0 unspecified atom stereocenters. The van der Waals surface area contributed by atoms with E-state index in [1.807, 2.05) is 37.3 Å². The molecule has 1 aromatic heterocycles. The summed E-state index contributed by atoms with van der Waals surface area (Å²) in [6.45, 7) is 1.98. The molecule has 0 aliphatic carbocycles. The third-order valence-corrected chi connectivity index (χ3v) is 4.75. The van der Waals surface area contributed by atoms with Crippen molar-refractivity contribution in [1.29, 1.82) is 5.26 Å². The van der Waals surface area contributed by atoms with Crippen molar-refractivity contribution in [3.63, 3.8) is 0 Å². The number of aliphatic imine (C=N–C) groups is 2. The Morgan fingerprint density at radius 1 is 1.42 bits per heavy atom. The van der Waals surface area contributed by atoms with Crippen LogP contribution < -0.4 is 0 Å². The van der Waals surface area contributed by atoms with E-state index in [-0.39, 0.29) is 23.4 Å². The van der Waals surface area contributed by atoms with Gasteiger partial charge < -0.3 is 9.84 Å². The number of hydrogen-bond acceptors (Lipinski definition) is 7. The maximum Gasteiger partial charge on any atom is 0.258 e. The predicted octanol–water partition coefficient (Wildman–Crippen LogP) is 3.85. The van der Waals surface area contributed by atoms with Crippen LogP contribution in [0.4, 0.5) is 5.69 Å². The average Bonchev–Trinajstić information content (AvgIpc) is 3.06. The zero-order valence-electron chi connectivity index (χ0n) is 12.8. The molecule has 3 rings (SSSR count). The summed E-state index contributed by atoms with van der Waals surface area (Å²) in [5, 5.41) is 19.2. The fourth-order valence-electron chi connectivity index (χ4n) is 1.94. The Morgan fingerprint density at radius 2 is 2.12 bits per heavy atom. The van der Waals surface area contributed by atoms with E-state index in [0.717, 1.165) is 5.56 Å². The molecule has 0 saturated carbocycles. The molecule has 0 saturated heterocycles. The van der Waals surface area contributed by atoms with E-state index in [4.69, 9.17) is 17.0 Å². The van der Waals surface area contributed by atoms with Gasteiger partial charge in [-0.05, 0) is 31.3 Å². The zero-order valence-corrected chi connectivity index (χ0v) is 14.5. The molecule has 0 amide bonds. The van der Waals surface area contributed by atoms with Crippen LogP contribution in [0.15, 0.2) is 40.1 Å². The summed E-state index contributed by atoms with van der Waals surface area (Å²) in [7, 11) is 1.67. The van der Waals surface area contributed by atoms with Crippen LogP contribution in [0.3, 0.4) is 0 Å². The van der Waals surface area contributed by atoms with E-state index in [1.165, 1.54) is 22.0 Å². The molecule has 0 spiro atoms. The van der Waals surface area contributed by atoms with Gasteiger partial charge in [-0.15, -0.1) is 11.3 Å². The molecule has 6 nitrogen and oxygen atoms in total. The lowest BCUT2D eigenvalue weighted by Gasteiger charge is -1.99. The minimum Gasteiger partial charge on any atom is -0.493 e. The summed E-state index contributed by atoms with van der Waals surface area (Å²) >= 11 is 6.33. The summed E-state index contributed by atoms with van der Waals surface area (Å²) in [6.07, 6.45) is 1.53. The number of aryl methyl sites for hydroxylation is 1. The van der Waals surface area contributed by atoms with Crippen LogP contribution in [-0.4, -0.2) is 21.3 Å². The van der Waals surface area contributed by atoms with E-state index in [0.29, 0.717) is 14.5 Å². The van der Waals surface area contributed by atoms with Crippen LogP contribution in [-0.2, 0) is 11.8 Å². The van der Waals surface area contributed by atoms with Crippen molar-refractivity contribution in [2.75, 3.05) is 0 Å². The largest absolute Gasteiger partial charge is 0.493 e. The lowest BCUT2D eigenvalue weighted by atomic mass is 10.2. The van der Waals surface area contributed by atoms with E-state index in [1.54, 1.807) is 7.05 Å². The summed E-state index contributed by atoms with van der Waals surface area (Å²) in [5.74, 6) is 0.343. The molecular weight excluding hydrogens is 344 g/mol. The van der Waals surface area contributed by atoms with Gasteiger partial charge in [0.25, 0.3) is 5.90 Å². The minimum absolute atomic E-state index is 0.0266. The number of nitriles is 1. The third-order valence-electron chi connectivity index (χ3n) is 3.26. The molecule has 1 aromatic carbocycles. The first-order valence-electron chi connectivity index (χ1n) is 6.91. The molecule has 2 heterocycles. The summed E-state index contributed by atoms with van der Waals surface area (Å²) in [4.78, 5) is 8.91. The normalized spacial score (nSPS) is 17.0. The number of rotatable bonds is 2. The molecule has 8 heteroatoms. The van der Waals surface area contributed by atoms with Crippen molar-refractivity contribution in [2.45, 2.75) is 6.92 Å². The molecule has 2 aromatic rings. The maximum absolute atomic E-state index is 9.99. The van der Waals surface area contributed by atoms with Crippen molar-refractivity contribution in [2.24, 2.45) is 17.0 Å². The number of benzene rings is 1. The Balaban J connectivity index is 1.94. The lowest BCUT2D eigenvalue weighted by Crippen LogP contribution is -2.07. The fourth-order valence-corrected chi connectivity index (χ4v) is 3.10. The van der Waals surface area contributed by atoms with Gasteiger partial charge in [0.05, 0.1) is 10.6 Å². The Hall–Kier alpha value is -2.76. The van der Waals surface area contributed by atoms with Crippen LogP contribution in [0.25, 0.3) is 6.08 Å². The van der Waals surface area contributed by atoms with Crippen LogP contribution in [0.1, 0.15) is 10.4 Å². The van der Waals surface area contributed by atoms with Crippen molar-refractivity contribution >= 4 is 46.9 Å². The quantitative estimate of drug-likeness (QED) is 0.829. The van der Waals surface area contributed by atoms with Crippen molar-refractivity contribution in [1.82, 2.24) is 4.57 Å². The molecular formula is C16H12N4O2S2. The first kappa shape index (κ1) is 16.1. The van der Waals surface area contributed by atoms with Gasteiger partial charge in [0.1, 0.15) is 6.07 Å². The van der Waals surface area contributed by atoms with E-state index >= 15 is 0 Å². The predicted molar refractivity (Wildman–Crippen MR) is 96.2 cm³/mol. The molecule has 0 bridgehead atoms.